The van der Waals surface area contributed by atoms with Crippen molar-refractivity contribution in [2.24, 2.45) is 17.2 Å². The number of benzene rings is 3. The van der Waals surface area contributed by atoms with Crippen molar-refractivity contribution in [3.8, 4) is 0 Å². The van der Waals surface area contributed by atoms with Gasteiger partial charge in [0.05, 0.1) is 5.69 Å². The van der Waals surface area contributed by atoms with Crippen LogP contribution in [0.1, 0.15) is 62.6 Å². The largest absolute Gasteiger partial charge is 0.381 e. The number of hydrogen-bond acceptors (Lipinski definition) is 4. The number of fused-ring (bicyclic) bond motifs is 1. The molecular formula is C33H46N4. The number of nitrogens with two attached hydrogens (primary N) is 1. The first kappa shape index (κ1) is 27.1. The SMILES string of the molecule is CCN(N)c1cc(C)c(C(c2ccc(N(C)C)cc2)C2(C)CC=C(N(C)C)C(C)CC2)c2ccccc12. The van der Waals surface area contributed by atoms with Crippen LogP contribution in [0, 0.1) is 18.3 Å². The van der Waals surface area contributed by atoms with Crippen LogP contribution < -0.4 is 15.8 Å². The number of allylic oxidation sites excluding steroid dienone is 2. The van der Waals surface area contributed by atoms with Crippen LogP contribution in [0.4, 0.5) is 11.4 Å². The van der Waals surface area contributed by atoms with Crippen LogP contribution >= 0.6 is 0 Å². The number of hydrazine groups is 1. The second-order valence-corrected chi connectivity index (χ2v) is 11.7. The van der Waals surface area contributed by atoms with Crippen molar-refractivity contribution in [1.29, 1.82) is 0 Å². The molecule has 1 aliphatic rings. The molecule has 37 heavy (non-hydrogen) atoms. The molecule has 0 aliphatic heterocycles. The molecule has 0 amide bonds. The lowest BCUT2D eigenvalue weighted by atomic mass is 9.64. The first-order valence-corrected chi connectivity index (χ1v) is 13.8. The van der Waals surface area contributed by atoms with E-state index in [1.165, 1.54) is 51.7 Å². The lowest BCUT2D eigenvalue weighted by Crippen LogP contribution is -2.31. The van der Waals surface area contributed by atoms with Crippen molar-refractivity contribution in [2.45, 2.75) is 52.9 Å². The van der Waals surface area contributed by atoms with Gasteiger partial charge < -0.3 is 14.8 Å². The highest BCUT2D eigenvalue weighted by Crippen LogP contribution is 2.52. The number of hydrogen-bond donors (Lipinski definition) is 1. The maximum absolute atomic E-state index is 6.48. The number of nitrogens with zero attached hydrogens (tertiary/aromatic N) is 3. The summed E-state index contributed by atoms with van der Waals surface area (Å²) >= 11 is 0. The molecule has 4 nitrogen and oxygen atoms in total. The average Bonchev–Trinajstić information content (AvgIpc) is 3.03. The predicted octanol–water partition coefficient (Wildman–Crippen LogP) is 7.32. The van der Waals surface area contributed by atoms with Crippen molar-refractivity contribution in [3.63, 3.8) is 0 Å². The third-order valence-corrected chi connectivity index (χ3v) is 8.60. The first-order valence-electron chi connectivity index (χ1n) is 13.8. The molecular weight excluding hydrogens is 452 g/mol. The summed E-state index contributed by atoms with van der Waals surface area (Å²) in [5, 5.41) is 4.43. The summed E-state index contributed by atoms with van der Waals surface area (Å²) in [7, 11) is 8.59. The molecule has 0 spiro atoms. The Morgan fingerprint density at radius 1 is 0.973 bits per heavy atom. The zero-order valence-corrected chi connectivity index (χ0v) is 24.2. The highest BCUT2D eigenvalue weighted by atomic mass is 15.4. The van der Waals surface area contributed by atoms with E-state index in [-0.39, 0.29) is 11.3 Å². The molecule has 3 aromatic rings. The molecule has 1 aliphatic carbocycles. The maximum atomic E-state index is 6.48. The van der Waals surface area contributed by atoms with Crippen LogP contribution in [0.15, 0.2) is 66.4 Å². The van der Waals surface area contributed by atoms with Gasteiger partial charge in [0, 0.05) is 57.4 Å². The molecule has 3 atom stereocenters. The third-order valence-electron chi connectivity index (χ3n) is 8.60. The average molecular weight is 499 g/mol. The van der Waals surface area contributed by atoms with E-state index in [1.807, 2.05) is 5.01 Å². The normalized spacial score (nSPS) is 20.8. The molecule has 0 heterocycles. The minimum Gasteiger partial charge on any atom is -0.381 e. The van der Waals surface area contributed by atoms with Gasteiger partial charge in [-0.15, -0.1) is 0 Å². The summed E-state index contributed by atoms with van der Waals surface area (Å²) in [5.74, 6) is 7.30. The number of aryl methyl sites for hydroxylation is 1. The molecule has 3 unspecified atom stereocenters. The molecule has 0 aromatic heterocycles. The topological polar surface area (TPSA) is 35.7 Å². The maximum Gasteiger partial charge on any atom is 0.0598 e. The van der Waals surface area contributed by atoms with Gasteiger partial charge in [-0.25, -0.2) is 5.84 Å². The fourth-order valence-corrected chi connectivity index (χ4v) is 6.41. The lowest BCUT2D eigenvalue weighted by molar-refractivity contribution is 0.249. The van der Waals surface area contributed by atoms with Crippen molar-refractivity contribution in [1.82, 2.24) is 4.90 Å². The van der Waals surface area contributed by atoms with E-state index in [9.17, 15) is 0 Å². The third kappa shape index (κ3) is 5.22. The minimum absolute atomic E-state index is 0.0772. The van der Waals surface area contributed by atoms with E-state index in [2.05, 4.69) is 126 Å². The van der Waals surface area contributed by atoms with Gasteiger partial charge in [-0.1, -0.05) is 56.3 Å². The summed E-state index contributed by atoms with van der Waals surface area (Å²) in [5.41, 5.74) is 8.03. The molecule has 0 saturated heterocycles. The van der Waals surface area contributed by atoms with Gasteiger partial charge in [-0.3, -0.25) is 0 Å². The second kappa shape index (κ2) is 10.8. The summed E-state index contributed by atoms with van der Waals surface area (Å²) < 4.78 is 0. The van der Waals surface area contributed by atoms with Gasteiger partial charge in [0.25, 0.3) is 0 Å². The highest BCUT2D eigenvalue weighted by molar-refractivity contribution is 5.98. The highest BCUT2D eigenvalue weighted by Gasteiger charge is 2.39. The van der Waals surface area contributed by atoms with Crippen molar-refractivity contribution >= 4 is 22.1 Å². The van der Waals surface area contributed by atoms with Gasteiger partial charge in [0.1, 0.15) is 0 Å². The van der Waals surface area contributed by atoms with E-state index < -0.39 is 0 Å². The molecule has 0 fully saturated rings. The van der Waals surface area contributed by atoms with E-state index in [0.717, 1.165) is 18.7 Å². The standard InChI is InChI=1S/C33H46N4/c1-9-37(34)30-22-24(3)31(28-13-11-10-12-27(28)30)32(25-14-16-26(17-15-25)35(5)6)33(4)20-18-23(2)29(19-21-33)36(7)8/h10-17,19,22-23,32H,9,18,20-21,34H2,1-8H3. The Balaban J connectivity index is 1.98. The van der Waals surface area contributed by atoms with Crippen molar-refractivity contribution in [3.05, 3.63) is 83.1 Å². The Labute approximate surface area is 224 Å². The fourth-order valence-electron chi connectivity index (χ4n) is 6.41. The summed E-state index contributed by atoms with van der Waals surface area (Å²) in [6.07, 6.45) is 5.94. The summed E-state index contributed by atoms with van der Waals surface area (Å²) in [6, 6.07) is 20.4. The fraction of sp³-hybridized carbons (Fsp3) is 0.455. The van der Waals surface area contributed by atoms with Gasteiger partial charge in [0.15, 0.2) is 0 Å². The van der Waals surface area contributed by atoms with E-state index >= 15 is 0 Å². The number of rotatable bonds is 7. The minimum atomic E-state index is 0.0772. The van der Waals surface area contributed by atoms with Crippen molar-refractivity contribution in [2.75, 3.05) is 44.6 Å². The Kier molecular flexibility index (Phi) is 7.89. The number of anilines is 2. The summed E-state index contributed by atoms with van der Waals surface area (Å²) in [6.45, 7) is 10.1. The molecule has 3 aromatic carbocycles. The smallest absolute Gasteiger partial charge is 0.0598 e. The first-order chi connectivity index (χ1) is 17.6. The van der Waals surface area contributed by atoms with Gasteiger partial charge in [0.2, 0.25) is 0 Å². The van der Waals surface area contributed by atoms with Crippen LogP contribution in [0.5, 0.6) is 0 Å². The zero-order valence-electron chi connectivity index (χ0n) is 24.2. The Morgan fingerprint density at radius 3 is 2.22 bits per heavy atom. The Bertz CT molecular complexity index is 1260. The quantitative estimate of drug-likeness (QED) is 0.273. The molecule has 0 bridgehead atoms. The van der Waals surface area contributed by atoms with Crippen LogP contribution in [0.3, 0.4) is 0 Å². The zero-order chi connectivity index (χ0) is 26.9. The van der Waals surface area contributed by atoms with Crippen LogP contribution in [0.25, 0.3) is 10.8 Å². The molecule has 0 saturated carbocycles. The van der Waals surface area contributed by atoms with E-state index in [4.69, 9.17) is 5.84 Å². The van der Waals surface area contributed by atoms with Crippen molar-refractivity contribution < 1.29 is 0 Å². The Hall–Kier alpha value is -2.98. The summed E-state index contributed by atoms with van der Waals surface area (Å²) in [4.78, 5) is 4.49. The Morgan fingerprint density at radius 2 is 1.62 bits per heavy atom. The van der Waals surface area contributed by atoms with E-state index in [0.29, 0.717) is 5.92 Å². The molecule has 4 heteroatoms. The van der Waals surface area contributed by atoms with Crippen LogP contribution in [-0.2, 0) is 0 Å². The lowest BCUT2D eigenvalue weighted by Gasteiger charge is -2.40. The molecule has 4 rings (SSSR count). The molecule has 198 valence electrons. The predicted molar refractivity (Wildman–Crippen MR) is 161 cm³/mol. The molecule has 0 radical (unpaired) electrons. The van der Waals surface area contributed by atoms with Gasteiger partial charge in [-0.2, -0.15) is 0 Å². The second-order valence-electron chi connectivity index (χ2n) is 11.7. The van der Waals surface area contributed by atoms with Crippen LogP contribution in [-0.4, -0.2) is 39.6 Å². The van der Waals surface area contributed by atoms with Gasteiger partial charge >= 0.3 is 0 Å². The van der Waals surface area contributed by atoms with Crippen LogP contribution in [0.2, 0.25) is 0 Å². The molecule has 2 N–H and O–H groups in total. The van der Waals surface area contributed by atoms with E-state index in [1.54, 1.807) is 0 Å². The monoisotopic (exact) mass is 498 g/mol. The van der Waals surface area contributed by atoms with Gasteiger partial charge in [-0.05, 0) is 84.7 Å².